The third kappa shape index (κ3) is 46.5. The van der Waals surface area contributed by atoms with Gasteiger partial charge in [0, 0.05) is 46.4 Å². The number of nitrogens with one attached hydrogen (secondary N) is 2. The Balaban J connectivity index is -0.000000251. The van der Waals surface area contributed by atoms with Gasteiger partial charge < -0.3 is 44.0 Å². The van der Waals surface area contributed by atoms with Crippen LogP contribution in [0.2, 0.25) is 0 Å². The van der Waals surface area contributed by atoms with Crippen LogP contribution in [0.25, 0.3) is 0 Å². The molecule has 20 heteroatoms. The summed E-state index contributed by atoms with van der Waals surface area (Å²) < 4.78 is 66.0. The van der Waals surface area contributed by atoms with E-state index in [9.17, 15) is 31.0 Å². The molecule has 1 aliphatic heterocycles. The highest BCUT2D eigenvalue weighted by atomic mass is 32.2. The van der Waals surface area contributed by atoms with Crippen molar-refractivity contribution >= 4 is 38.5 Å². The summed E-state index contributed by atoms with van der Waals surface area (Å²) in [7, 11) is 8.67. The molecule has 0 aromatic heterocycles. The van der Waals surface area contributed by atoms with E-state index in [0.29, 0.717) is 43.6 Å². The molecule has 0 spiro atoms. The van der Waals surface area contributed by atoms with Crippen LogP contribution in [0.15, 0.2) is 4.99 Å². The van der Waals surface area contributed by atoms with Gasteiger partial charge in [0.05, 0.1) is 49.7 Å². The van der Waals surface area contributed by atoms with E-state index in [0.717, 1.165) is 13.1 Å². The summed E-state index contributed by atoms with van der Waals surface area (Å²) >= 11 is 0. The molecule has 0 aliphatic carbocycles. The van der Waals surface area contributed by atoms with Crippen molar-refractivity contribution in [2.45, 2.75) is 12.8 Å². The maximum atomic E-state index is 10.8. The third-order valence-corrected chi connectivity index (χ3v) is 6.81. The fourth-order valence-corrected chi connectivity index (χ4v) is 3.76. The molecule has 0 radical (unpaired) electrons. The van der Waals surface area contributed by atoms with Gasteiger partial charge in [-0.2, -0.15) is 8.42 Å². The molecular formula is C24H54N6O12S2. The molecule has 2 amide bonds. The minimum Gasteiger partial charge on any atom is -0.748 e. The van der Waals surface area contributed by atoms with Crippen molar-refractivity contribution < 1.29 is 59.0 Å². The quantitative estimate of drug-likeness (QED) is 0.0698. The van der Waals surface area contributed by atoms with Crippen molar-refractivity contribution in [3.63, 3.8) is 0 Å². The summed E-state index contributed by atoms with van der Waals surface area (Å²) in [6.07, 6.45) is 1.40. The first-order valence-electron chi connectivity index (χ1n) is 13.4. The lowest BCUT2D eigenvalue weighted by molar-refractivity contribution is -0.890. The predicted molar refractivity (Wildman–Crippen MR) is 164 cm³/mol. The van der Waals surface area contributed by atoms with Crippen LogP contribution in [0.5, 0.6) is 0 Å². The van der Waals surface area contributed by atoms with Gasteiger partial charge in [-0.25, -0.2) is 27.8 Å². The van der Waals surface area contributed by atoms with Gasteiger partial charge in [-0.05, 0) is 34.6 Å². The van der Waals surface area contributed by atoms with Crippen molar-refractivity contribution in [3.8, 4) is 0 Å². The Hall–Kier alpha value is -2.42. The Morgan fingerprint density at radius 3 is 1.77 bits per heavy atom. The fraction of sp³-hybridized carbons (Fsp3) is 0.875. The zero-order chi connectivity index (χ0) is 35.2. The lowest BCUT2D eigenvalue weighted by Gasteiger charge is -2.29. The molecule has 18 nitrogen and oxygen atoms in total. The number of carbonyl (C=O) groups is 2. The van der Waals surface area contributed by atoms with E-state index < -0.39 is 26.3 Å². The predicted octanol–water partition coefficient (Wildman–Crippen LogP) is -1.51. The van der Waals surface area contributed by atoms with Crippen LogP contribution < -0.4 is 10.6 Å². The summed E-state index contributed by atoms with van der Waals surface area (Å²) in [6, 6.07) is 0. The molecule has 0 aromatic carbocycles. The fourth-order valence-electron chi connectivity index (χ4n) is 2.31. The number of aliphatic hydroxyl groups excluding tert-OH is 1. The van der Waals surface area contributed by atoms with Crippen LogP contribution in [0, 0.1) is 0 Å². The second-order valence-corrected chi connectivity index (χ2v) is 13.1. The van der Waals surface area contributed by atoms with Crippen molar-refractivity contribution in [2.75, 3.05) is 128 Å². The van der Waals surface area contributed by atoms with E-state index in [-0.39, 0.29) is 30.8 Å². The average Bonchev–Trinajstić information content (AvgIpc) is 3.32. The highest BCUT2D eigenvalue weighted by Gasteiger charge is 2.17. The summed E-state index contributed by atoms with van der Waals surface area (Å²) in [4.78, 5) is 36.9. The normalized spacial score (nSPS) is 13.1. The Morgan fingerprint density at radius 1 is 1.02 bits per heavy atom. The Kier molecular flexibility index (Phi) is 32.3. The smallest absolute Gasteiger partial charge is 0.407 e. The minimum absolute atomic E-state index is 0.201. The number of amides is 2. The largest absolute Gasteiger partial charge is 0.748 e. The maximum absolute atomic E-state index is 10.8. The Labute approximate surface area is 263 Å². The molecule has 3 N–H and O–H groups in total. The average molecular weight is 683 g/mol. The molecule has 264 valence electrons. The van der Waals surface area contributed by atoms with E-state index >= 15 is 0 Å². The van der Waals surface area contributed by atoms with Gasteiger partial charge in [-0.3, -0.25) is 4.18 Å². The number of hydrogen-bond acceptors (Lipinski definition) is 15. The van der Waals surface area contributed by atoms with E-state index in [1.54, 1.807) is 0 Å². The molecule has 1 aliphatic rings. The molecule has 1 rings (SSSR count). The van der Waals surface area contributed by atoms with Crippen molar-refractivity contribution in [1.82, 2.24) is 20.4 Å². The molecule has 0 unspecified atom stereocenters. The minimum atomic E-state index is -4.14. The van der Waals surface area contributed by atoms with Crippen molar-refractivity contribution in [3.05, 3.63) is 0 Å². The second kappa shape index (κ2) is 29.3. The highest BCUT2D eigenvalue weighted by molar-refractivity contribution is 7.86. The van der Waals surface area contributed by atoms with Crippen LogP contribution in [0.3, 0.4) is 0 Å². The van der Waals surface area contributed by atoms with Crippen LogP contribution in [0.1, 0.15) is 12.8 Å². The van der Waals surface area contributed by atoms with E-state index in [2.05, 4.69) is 19.8 Å². The molecule has 1 saturated heterocycles. The molecule has 0 aromatic rings. The SMILES string of the molecule is CN(C)CCO.CN=C=O.CNC(=O)OCCN(C)C.CNC(=O)OCC[N+](C)(C)CCCS(=O)(=O)[O-].O=S1(=O)CCCO1. The van der Waals surface area contributed by atoms with Crippen molar-refractivity contribution in [1.29, 1.82) is 0 Å². The zero-order valence-electron chi connectivity index (χ0n) is 27.5. The van der Waals surface area contributed by atoms with Crippen LogP contribution >= 0.6 is 0 Å². The number of rotatable bonds is 12. The lowest BCUT2D eigenvalue weighted by atomic mass is 10.4. The maximum Gasteiger partial charge on any atom is 0.407 e. The number of alkyl carbamates (subject to hydrolysis) is 2. The highest BCUT2D eigenvalue weighted by Crippen LogP contribution is 2.05. The second-order valence-electron chi connectivity index (χ2n) is 9.85. The Bertz CT molecular complexity index is 976. The summed E-state index contributed by atoms with van der Waals surface area (Å²) in [5, 5.41) is 12.9. The Morgan fingerprint density at radius 2 is 1.50 bits per heavy atom. The topological polar surface area (TPSA) is 233 Å². The number of carbonyl (C=O) groups excluding carboxylic acids is 3. The first-order valence-corrected chi connectivity index (χ1v) is 16.6. The van der Waals surface area contributed by atoms with Gasteiger partial charge in [0.25, 0.3) is 10.1 Å². The van der Waals surface area contributed by atoms with Crippen molar-refractivity contribution in [2.24, 2.45) is 4.99 Å². The molecule has 1 heterocycles. The van der Waals surface area contributed by atoms with Crippen LogP contribution in [-0.2, 0) is 38.7 Å². The van der Waals surface area contributed by atoms with Gasteiger partial charge in [-0.1, -0.05) is 0 Å². The van der Waals surface area contributed by atoms with Gasteiger partial charge in [0.1, 0.15) is 19.8 Å². The van der Waals surface area contributed by atoms with Gasteiger partial charge in [-0.15, -0.1) is 0 Å². The zero-order valence-corrected chi connectivity index (χ0v) is 29.2. The molecule has 0 atom stereocenters. The molecule has 0 bridgehead atoms. The number of likely N-dealkylation sites (N-methyl/N-ethyl adjacent to an activating group) is 3. The molecule has 44 heavy (non-hydrogen) atoms. The number of ether oxygens (including phenoxy) is 2. The van der Waals surface area contributed by atoms with Gasteiger partial charge in [0.15, 0.2) is 0 Å². The van der Waals surface area contributed by atoms with Crippen LogP contribution in [0.4, 0.5) is 9.59 Å². The van der Waals surface area contributed by atoms with E-state index in [4.69, 9.17) is 19.4 Å². The first-order chi connectivity index (χ1) is 20.2. The number of hydrogen-bond donors (Lipinski definition) is 3. The van der Waals surface area contributed by atoms with E-state index in [1.807, 2.05) is 52.1 Å². The molecular weight excluding hydrogens is 628 g/mol. The number of aliphatic hydroxyl groups is 1. The lowest BCUT2D eigenvalue weighted by Crippen LogP contribution is -2.44. The number of aliphatic imine (C=N–C) groups is 1. The van der Waals surface area contributed by atoms with Gasteiger partial charge >= 0.3 is 12.2 Å². The van der Waals surface area contributed by atoms with Gasteiger partial charge in [0.2, 0.25) is 6.08 Å². The standard InChI is InChI=1S/C9H20N2O5S.C6H14N2O2.C4H11NO.C3H6O3S.C2H3NO/c1-10-9(12)16-7-6-11(2,3)5-4-8-17(13,14)15;1-7-6(9)10-5-4-8(2)3;1-5(2)3-4-6;4-7(5)3-1-2-6-7;1-3-2-4/h4-8H2,1-3H3,(H-,10,12,13,14,15);4-5H2,1-3H3,(H,7,9);6H,3-4H2,1-2H3;1-3H2;1H3. The summed E-state index contributed by atoms with van der Waals surface area (Å²) in [6.45, 7) is 3.94. The van der Waals surface area contributed by atoms with Crippen LogP contribution in [-0.4, -0.2) is 187 Å². The first kappa shape index (κ1) is 48.5. The molecule has 0 saturated carbocycles. The monoisotopic (exact) mass is 682 g/mol. The summed E-state index contributed by atoms with van der Waals surface area (Å²) in [5.74, 6) is -0.155. The third-order valence-electron chi connectivity index (χ3n) is 4.71. The van der Waals surface area contributed by atoms with E-state index in [1.165, 1.54) is 27.2 Å². The molecule has 1 fully saturated rings. The summed E-state index contributed by atoms with van der Waals surface area (Å²) in [5.41, 5.74) is 0. The number of quaternary nitrogens is 1. The number of isocyanates is 1. The number of nitrogens with zero attached hydrogens (tertiary/aromatic N) is 4.